The molecular formula is C16H17N3O5S. The van der Waals surface area contributed by atoms with Crippen LogP contribution >= 0.6 is 11.3 Å². The topological polar surface area (TPSA) is 127 Å². The van der Waals surface area contributed by atoms with Gasteiger partial charge in [0.1, 0.15) is 30.1 Å². The lowest BCUT2D eigenvalue weighted by molar-refractivity contribution is -0.0225. The molecule has 1 saturated heterocycles. The van der Waals surface area contributed by atoms with Crippen molar-refractivity contribution in [2.45, 2.75) is 30.6 Å². The van der Waals surface area contributed by atoms with E-state index in [-0.39, 0.29) is 0 Å². The van der Waals surface area contributed by atoms with E-state index in [9.17, 15) is 20.4 Å². The van der Waals surface area contributed by atoms with Crippen LogP contribution in [0.15, 0.2) is 34.8 Å². The number of pyridine rings is 1. The Balaban J connectivity index is 1.74. The van der Waals surface area contributed by atoms with Crippen LogP contribution in [0.1, 0.15) is 28.5 Å². The summed E-state index contributed by atoms with van der Waals surface area (Å²) in [7, 11) is 0. The van der Waals surface area contributed by atoms with Crippen molar-refractivity contribution in [1.29, 1.82) is 0 Å². The van der Waals surface area contributed by atoms with Crippen molar-refractivity contribution in [2.24, 2.45) is 4.99 Å². The Morgan fingerprint density at radius 3 is 2.72 bits per heavy atom. The zero-order valence-corrected chi connectivity index (χ0v) is 13.8. The molecule has 2 aliphatic rings. The van der Waals surface area contributed by atoms with Gasteiger partial charge >= 0.3 is 0 Å². The summed E-state index contributed by atoms with van der Waals surface area (Å²) in [6.07, 6.45) is -3.39. The van der Waals surface area contributed by atoms with Gasteiger partial charge in [-0.25, -0.2) is 4.99 Å². The average molecular weight is 363 g/mol. The maximum absolute atomic E-state index is 10.4. The minimum Gasteiger partial charge on any atom is -0.394 e. The highest BCUT2D eigenvalue weighted by molar-refractivity contribution is 7.10. The number of nitrogens with zero attached hydrogens (tertiary/aromatic N) is 2. The molecule has 0 aromatic carbocycles. The number of amidine groups is 1. The van der Waals surface area contributed by atoms with E-state index in [1.54, 1.807) is 23.7 Å². The normalized spacial score (nSPS) is 31.4. The van der Waals surface area contributed by atoms with Crippen LogP contribution in [0.5, 0.6) is 0 Å². The summed E-state index contributed by atoms with van der Waals surface area (Å²) in [5, 5.41) is 44.5. The minimum absolute atomic E-state index is 0.395. The van der Waals surface area contributed by atoms with Crippen LogP contribution in [-0.4, -0.2) is 56.2 Å². The van der Waals surface area contributed by atoms with E-state index in [0.29, 0.717) is 27.7 Å². The summed E-state index contributed by atoms with van der Waals surface area (Å²) in [6.45, 7) is -0.395. The second kappa shape index (κ2) is 6.45. The highest BCUT2D eigenvalue weighted by Gasteiger charge is 2.45. The maximum atomic E-state index is 10.4. The van der Waals surface area contributed by atoms with Gasteiger partial charge in [0.2, 0.25) is 0 Å². The number of aromatic nitrogens is 1. The van der Waals surface area contributed by atoms with Crippen LogP contribution in [0.25, 0.3) is 0 Å². The summed E-state index contributed by atoms with van der Waals surface area (Å²) in [4.78, 5) is 9.35. The number of fused-ring (bicyclic) bond motifs is 1. The number of aliphatic hydroxyl groups excluding tert-OH is 4. The summed E-state index contributed by atoms with van der Waals surface area (Å²) >= 11 is 1.28. The molecule has 132 valence electrons. The molecule has 0 aliphatic carbocycles. The summed E-state index contributed by atoms with van der Waals surface area (Å²) in [5.41, 5.74) is 1.63. The Morgan fingerprint density at radius 1 is 1.20 bits per heavy atom. The number of aliphatic hydroxyl groups is 4. The van der Waals surface area contributed by atoms with Crippen LogP contribution in [0.4, 0.5) is 5.69 Å². The molecule has 4 rings (SSSR count). The molecule has 2 aromatic rings. The van der Waals surface area contributed by atoms with Gasteiger partial charge in [0.25, 0.3) is 0 Å². The van der Waals surface area contributed by atoms with Crippen LogP contribution in [0.2, 0.25) is 0 Å². The van der Waals surface area contributed by atoms with Crippen molar-refractivity contribution >= 4 is 22.9 Å². The lowest BCUT2D eigenvalue weighted by Crippen LogP contribution is -2.33. The molecular weight excluding hydrogens is 346 g/mol. The predicted molar refractivity (Wildman–Crippen MR) is 89.6 cm³/mol. The molecule has 0 saturated carbocycles. The van der Waals surface area contributed by atoms with Crippen molar-refractivity contribution in [2.75, 3.05) is 6.61 Å². The Labute approximate surface area is 147 Å². The molecule has 1 unspecified atom stereocenters. The second-order valence-electron chi connectivity index (χ2n) is 5.89. The molecule has 0 spiro atoms. The molecule has 8 nitrogen and oxygen atoms in total. The fraction of sp³-hybridized carbons (Fsp3) is 0.375. The van der Waals surface area contributed by atoms with Crippen LogP contribution in [-0.2, 0) is 4.74 Å². The standard InChI is InChI=1S/C16H17N3O5S/c20-5-9-11(21)12(22)13(24-9)7-6-25-14-10(7)18-15(19-16(14)23)8-3-1-2-4-17-8/h1-4,6,9,11-13,16,20-23H,5H2,(H,18,19)/t9-,11-,12-,13+,16?/m1/s1. The number of hydrogen-bond donors (Lipinski definition) is 5. The number of ether oxygens (including phenoxy) is 1. The van der Waals surface area contributed by atoms with Gasteiger partial charge in [-0.3, -0.25) is 4.98 Å². The Kier molecular flexibility index (Phi) is 4.28. The number of hydrogen-bond acceptors (Lipinski definition) is 9. The largest absolute Gasteiger partial charge is 0.394 e. The van der Waals surface area contributed by atoms with Crippen molar-refractivity contribution < 1.29 is 25.2 Å². The van der Waals surface area contributed by atoms with E-state index in [4.69, 9.17) is 4.74 Å². The zero-order valence-electron chi connectivity index (χ0n) is 13.0. The van der Waals surface area contributed by atoms with Crippen molar-refractivity contribution in [3.8, 4) is 0 Å². The van der Waals surface area contributed by atoms with Gasteiger partial charge in [0, 0.05) is 11.8 Å². The lowest BCUT2D eigenvalue weighted by Gasteiger charge is -2.22. The lowest BCUT2D eigenvalue weighted by atomic mass is 10.0. The van der Waals surface area contributed by atoms with Crippen LogP contribution in [0.3, 0.4) is 0 Å². The minimum atomic E-state index is -1.18. The van der Waals surface area contributed by atoms with E-state index in [2.05, 4.69) is 15.3 Å². The smallest absolute Gasteiger partial charge is 0.163 e. The number of thiophene rings is 1. The van der Waals surface area contributed by atoms with Gasteiger partial charge in [-0.1, -0.05) is 6.07 Å². The molecule has 1 fully saturated rings. The summed E-state index contributed by atoms with van der Waals surface area (Å²) in [5.74, 6) is 0.409. The van der Waals surface area contributed by atoms with Crippen LogP contribution < -0.4 is 5.32 Å². The van der Waals surface area contributed by atoms with Crippen molar-refractivity contribution in [3.63, 3.8) is 0 Å². The molecule has 4 heterocycles. The van der Waals surface area contributed by atoms with Gasteiger partial charge in [-0.2, -0.15) is 0 Å². The summed E-state index contributed by atoms with van der Waals surface area (Å²) < 4.78 is 5.59. The number of rotatable bonds is 3. The fourth-order valence-corrected chi connectivity index (χ4v) is 3.99. The quantitative estimate of drug-likeness (QED) is 0.518. The molecule has 0 amide bonds. The monoisotopic (exact) mass is 363 g/mol. The second-order valence-corrected chi connectivity index (χ2v) is 6.80. The van der Waals surface area contributed by atoms with Gasteiger partial charge in [-0.05, 0) is 17.5 Å². The van der Waals surface area contributed by atoms with E-state index in [0.717, 1.165) is 0 Å². The fourth-order valence-electron chi connectivity index (χ4n) is 3.03. The Morgan fingerprint density at radius 2 is 2.04 bits per heavy atom. The van der Waals surface area contributed by atoms with Gasteiger partial charge in [0.05, 0.1) is 17.2 Å². The van der Waals surface area contributed by atoms with E-state index >= 15 is 0 Å². The van der Waals surface area contributed by atoms with E-state index in [1.165, 1.54) is 11.3 Å². The van der Waals surface area contributed by atoms with Gasteiger partial charge < -0.3 is 30.5 Å². The van der Waals surface area contributed by atoms with Gasteiger partial charge in [-0.15, -0.1) is 11.3 Å². The third kappa shape index (κ3) is 2.74. The molecule has 5 N–H and O–H groups in total. The molecule has 2 aromatic heterocycles. The number of nitrogens with one attached hydrogen (secondary N) is 1. The molecule has 0 radical (unpaired) electrons. The first-order valence-electron chi connectivity index (χ1n) is 7.78. The van der Waals surface area contributed by atoms with Crippen LogP contribution in [0, 0.1) is 0 Å². The molecule has 9 heteroatoms. The summed E-state index contributed by atoms with van der Waals surface area (Å²) in [6, 6.07) is 5.36. The first kappa shape index (κ1) is 16.6. The zero-order chi connectivity index (χ0) is 17.6. The highest BCUT2D eigenvalue weighted by atomic mass is 32.1. The van der Waals surface area contributed by atoms with E-state index in [1.807, 2.05) is 6.07 Å². The van der Waals surface area contributed by atoms with E-state index < -0.39 is 37.3 Å². The van der Waals surface area contributed by atoms with Gasteiger partial charge in [0.15, 0.2) is 12.1 Å². The molecule has 0 bridgehead atoms. The third-order valence-corrected chi connectivity index (χ3v) is 5.36. The SMILES string of the molecule is OC[C@H]1O[C@@H](c2csc3c2N=C(c2ccccn2)NC3O)[C@H](O)[C@@H]1O. The number of aliphatic imine (C=N–C) groups is 1. The maximum Gasteiger partial charge on any atom is 0.163 e. The first-order chi connectivity index (χ1) is 12.1. The highest BCUT2D eigenvalue weighted by Crippen LogP contribution is 2.45. The van der Waals surface area contributed by atoms with Crippen molar-refractivity contribution in [1.82, 2.24) is 10.3 Å². The molecule has 5 atom stereocenters. The predicted octanol–water partition coefficient (Wildman–Crippen LogP) is -0.0305. The Hall–Kier alpha value is -1.88. The molecule has 25 heavy (non-hydrogen) atoms. The average Bonchev–Trinajstić information content (AvgIpc) is 3.18. The van der Waals surface area contributed by atoms with Crippen molar-refractivity contribution in [3.05, 3.63) is 45.9 Å². The Bertz CT molecular complexity index is 796. The molecule has 2 aliphatic heterocycles. The third-order valence-electron chi connectivity index (χ3n) is 4.32. The first-order valence-corrected chi connectivity index (χ1v) is 8.66.